The van der Waals surface area contributed by atoms with Crippen LogP contribution in [0.1, 0.15) is 26.3 Å². The average molecular weight is 535 g/mol. The second kappa shape index (κ2) is 11.4. The van der Waals surface area contributed by atoms with Crippen LogP contribution in [0.5, 0.6) is 0 Å². The lowest BCUT2D eigenvalue weighted by molar-refractivity contribution is -0.139. The van der Waals surface area contributed by atoms with Crippen molar-refractivity contribution in [3.8, 4) is 0 Å². The van der Waals surface area contributed by atoms with Crippen LogP contribution in [-0.4, -0.2) is 50.0 Å². The maximum atomic E-state index is 13.4. The van der Waals surface area contributed by atoms with E-state index in [0.717, 1.165) is 16.1 Å². The van der Waals surface area contributed by atoms with E-state index in [0.29, 0.717) is 5.02 Å². The summed E-state index contributed by atoms with van der Waals surface area (Å²) in [6, 6.07) is 10.1. The summed E-state index contributed by atoms with van der Waals surface area (Å²) < 4.78 is 26.0. The number of sulfonamides is 1. The molecule has 0 saturated heterocycles. The van der Waals surface area contributed by atoms with Crippen LogP contribution in [0.15, 0.2) is 42.5 Å². The molecule has 7 nitrogen and oxygen atoms in total. The number of carbonyl (C=O) groups excluding carboxylic acids is 2. The van der Waals surface area contributed by atoms with Gasteiger partial charge in [0, 0.05) is 27.7 Å². The average Bonchev–Trinajstić information content (AvgIpc) is 2.68. The van der Waals surface area contributed by atoms with E-state index in [1.165, 1.54) is 23.1 Å². The molecule has 0 aliphatic carbocycles. The van der Waals surface area contributed by atoms with Gasteiger partial charge in [-0.3, -0.25) is 13.9 Å². The molecule has 2 amide bonds. The van der Waals surface area contributed by atoms with Gasteiger partial charge in [-0.25, -0.2) is 8.42 Å². The van der Waals surface area contributed by atoms with Gasteiger partial charge in [0.1, 0.15) is 12.6 Å². The zero-order chi connectivity index (χ0) is 24.9. The molecule has 2 aromatic rings. The minimum atomic E-state index is -3.87. The van der Waals surface area contributed by atoms with Crippen molar-refractivity contribution < 1.29 is 18.0 Å². The number of rotatable bonds is 9. The number of nitrogens with zero attached hydrogens (tertiary/aromatic N) is 2. The van der Waals surface area contributed by atoms with Crippen molar-refractivity contribution in [2.24, 2.45) is 0 Å². The molecule has 0 aliphatic rings. The summed E-state index contributed by atoms with van der Waals surface area (Å²) in [5.41, 5.74) is 0.878. The van der Waals surface area contributed by atoms with E-state index < -0.39 is 28.5 Å². The van der Waals surface area contributed by atoms with Gasteiger partial charge in [-0.15, -0.1) is 0 Å². The monoisotopic (exact) mass is 533 g/mol. The first-order valence-corrected chi connectivity index (χ1v) is 13.0. The van der Waals surface area contributed by atoms with E-state index >= 15 is 0 Å². The molecule has 0 saturated carbocycles. The summed E-state index contributed by atoms with van der Waals surface area (Å²) in [4.78, 5) is 27.4. The van der Waals surface area contributed by atoms with Crippen molar-refractivity contribution in [1.29, 1.82) is 0 Å². The number of anilines is 1. The second-order valence-corrected chi connectivity index (χ2v) is 11.1. The van der Waals surface area contributed by atoms with Crippen LogP contribution >= 0.6 is 34.8 Å². The summed E-state index contributed by atoms with van der Waals surface area (Å²) >= 11 is 18.0. The Morgan fingerprint density at radius 3 is 1.97 bits per heavy atom. The van der Waals surface area contributed by atoms with Gasteiger partial charge in [0.25, 0.3) is 0 Å². The maximum Gasteiger partial charge on any atom is 0.244 e. The van der Waals surface area contributed by atoms with Crippen molar-refractivity contribution in [2.75, 3.05) is 17.1 Å². The fourth-order valence-corrected chi connectivity index (χ4v) is 4.55. The molecule has 33 heavy (non-hydrogen) atoms. The maximum absolute atomic E-state index is 13.4. The Morgan fingerprint density at radius 1 is 0.939 bits per heavy atom. The Kier molecular flexibility index (Phi) is 9.43. The van der Waals surface area contributed by atoms with Crippen LogP contribution in [0.3, 0.4) is 0 Å². The van der Waals surface area contributed by atoms with E-state index in [9.17, 15) is 18.0 Å². The summed E-state index contributed by atoms with van der Waals surface area (Å²) in [5.74, 6) is -0.929. The number of halogens is 3. The molecule has 11 heteroatoms. The van der Waals surface area contributed by atoms with Crippen molar-refractivity contribution >= 4 is 62.3 Å². The topological polar surface area (TPSA) is 86.8 Å². The van der Waals surface area contributed by atoms with Crippen LogP contribution in [0, 0.1) is 0 Å². The third kappa shape index (κ3) is 8.07. The molecular weight excluding hydrogens is 509 g/mol. The number of hydrogen-bond acceptors (Lipinski definition) is 4. The van der Waals surface area contributed by atoms with Crippen LogP contribution in [0.2, 0.25) is 15.1 Å². The van der Waals surface area contributed by atoms with Crippen LogP contribution in [0.25, 0.3) is 0 Å². The quantitative estimate of drug-likeness (QED) is 0.518. The predicted molar refractivity (Wildman–Crippen MR) is 133 cm³/mol. The Balaban J connectivity index is 2.41. The number of hydrogen-bond donors (Lipinski definition) is 1. The molecule has 180 valence electrons. The van der Waals surface area contributed by atoms with E-state index in [-0.39, 0.29) is 34.2 Å². The molecule has 1 atom stereocenters. The fourth-order valence-electron chi connectivity index (χ4n) is 3.07. The molecule has 0 spiro atoms. The Hall–Kier alpha value is -2.00. The lowest BCUT2D eigenvalue weighted by atomic mass is 10.1. The third-order valence-corrected chi connectivity index (χ3v) is 6.51. The Bertz CT molecular complexity index is 1090. The standard InChI is InChI=1S/C22H26Cl3N3O4S/c1-14(2)26-22(30)15(3)27(12-16-5-7-17(23)8-6-16)21(29)13-28(33(4,31)32)20-10-18(24)9-19(25)11-20/h5-11,14-15H,12-13H2,1-4H3,(H,26,30)/t15-/m0/s1. The van der Waals surface area contributed by atoms with Crippen molar-refractivity contribution in [1.82, 2.24) is 10.2 Å². The van der Waals surface area contributed by atoms with Gasteiger partial charge in [-0.1, -0.05) is 46.9 Å². The van der Waals surface area contributed by atoms with Crippen molar-refractivity contribution in [2.45, 2.75) is 39.4 Å². The van der Waals surface area contributed by atoms with Gasteiger partial charge in [0.15, 0.2) is 0 Å². The predicted octanol–water partition coefficient (Wildman–Crippen LogP) is 4.35. The smallest absolute Gasteiger partial charge is 0.244 e. The number of benzene rings is 2. The first-order chi connectivity index (χ1) is 15.3. The zero-order valence-corrected chi connectivity index (χ0v) is 21.8. The molecule has 0 fully saturated rings. The summed E-state index contributed by atoms with van der Waals surface area (Å²) in [5, 5.41) is 3.76. The van der Waals surface area contributed by atoms with E-state index in [2.05, 4.69) is 5.32 Å². The highest BCUT2D eigenvalue weighted by atomic mass is 35.5. The van der Waals surface area contributed by atoms with E-state index in [4.69, 9.17) is 34.8 Å². The van der Waals surface area contributed by atoms with Gasteiger partial charge >= 0.3 is 0 Å². The molecule has 2 rings (SSSR count). The SMILES string of the molecule is CC(C)NC(=O)[C@H](C)N(Cc1ccc(Cl)cc1)C(=O)CN(c1cc(Cl)cc(Cl)c1)S(C)(=O)=O. The van der Waals surface area contributed by atoms with Crippen molar-refractivity contribution in [3.05, 3.63) is 63.1 Å². The van der Waals surface area contributed by atoms with E-state index in [1.807, 2.05) is 13.8 Å². The van der Waals surface area contributed by atoms with Crippen molar-refractivity contribution in [3.63, 3.8) is 0 Å². The second-order valence-electron chi connectivity index (χ2n) is 7.88. The van der Waals surface area contributed by atoms with Crippen LogP contribution < -0.4 is 9.62 Å². The van der Waals surface area contributed by atoms with Crippen LogP contribution in [0.4, 0.5) is 5.69 Å². The van der Waals surface area contributed by atoms with Gasteiger partial charge < -0.3 is 10.2 Å². The fraction of sp³-hybridized carbons (Fsp3) is 0.364. The third-order valence-electron chi connectivity index (χ3n) is 4.68. The molecule has 2 aromatic carbocycles. The first-order valence-electron chi connectivity index (χ1n) is 10.1. The number of amides is 2. The molecule has 0 radical (unpaired) electrons. The highest BCUT2D eigenvalue weighted by molar-refractivity contribution is 7.92. The van der Waals surface area contributed by atoms with E-state index in [1.54, 1.807) is 31.2 Å². The van der Waals surface area contributed by atoms with Gasteiger partial charge in [0.05, 0.1) is 11.9 Å². The highest BCUT2D eigenvalue weighted by Crippen LogP contribution is 2.27. The molecule has 0 unspecified atom stereocenters. The molecule has 0 bridgehead atoms. The number of nitrogens with one attached hydrogen (secondary N) is 1. The lowest BCUT2D eigenvalue weighted by Gasteiger charge is -2.32. The minimum Gasteiger partial charge on any atom is -0.352 e. The number of carbonyl (C=O) groups is 2. The van der Waals surface area contributed by atoms with Crippen LogP contribution in [-0.2, 0) is 26.2 Å². The zero-order valence-electron chi connectivity index (χ0n) is 18.7. The Morgan fingerprint density at radius 2 is 1.48 bits per heavy atom. The van der Waals surface area contributed by atoms with Gasteiger partial charge in [-0.05, 0) is 56.7 Å². The molecule has 0 aliphatic heterocycles. The van der Waals surface area contributed by atoms with Gasteiger partial charge in [-0.2, -0.15) is 0 Å². The minimum absolute atomic E-state index is 0.0799. The largest absolute Gasteiger partial charge is 0.352 e. The lowest BCUT2D eigenvalue weighted by Crippen LogP contribution is -2.52. The Labute approximate surface area is 209 Å². The summed E-state index contributed by atoms with van der Waals surface area (Å²) in [6.07, 6.45) is 0.980. The molecule has 1 N–H and O–H groups in total. The first kappa shape index (κ1) is 27.2. The molecular formula is C22H26Cl3N3O4S. The molecule has 0 aromatic heterocycles. The molecule has 0 heterocycles. The summed E-state index contributed by atoms with van der Waals surface area (Å²) in [7, 11) is -3.87. The van der Waals surface area contributed by atoms with Gasteiger partial charge in [0.2, 0.25) is 21.8 Å². The highest BCUT2D eigenvalue weighted by Gasteiger charge is 2.30. The normalized spacial score (nSPS) is 12.4. The summed E-state index contributed by atoms with van der Waals surface area (Å²) in [6.45, 7) is 4.75.